The molecule has 1 aromatic carbocycles. The summed E-state index contributed by atoms with van der Waals surface area (Å²) in [4.78, 5) is 17.7. The zero-order valence-electron chi connectivity index (χ0n) is 18.2. The second-order valence-electron chi connectivity index (χ2n) is 7.98. The van der Waals surface area contributed by atoms with E-state index >= 15 is 0 Å². The first-order chi connectivity index (χ1) is 14.8. The van der Waals surface area contributed by atoms with Gasteiger partial charge in [0.2, 0.25) is 0 Å². The number of unbranched alkanes of at least 4 members (excludes halogenated alkanes) is 7. The number of carbonyl (C=O) groups excluding carboxylic acids is 1. The lowest BCUT2D eigenvalue weighted by molar-refractivity contribution is 0.0957. The lowest BCUT2D eigenvalue weighted by Crippen LogP contribution is -2.23. The van der Waals surface area contributed by atoms with Crippen LogP contribution in [-0.2, 0) is 13.0 Å². The van der Waals surface area contributed by atoms with Crippen LogP contribution in [0.3, 0.4) is 0 Å². The first-order valence-electron chi connectivity index (χ1n) is 11.6. The average molecular weight is 426 g/mol. The number of amides is 1. The summed E-state index contributed by atoms with van der Waals surface area (Å²) in [7, 11) is 0. The van der Waals surface area contributed by atoms with E-state index in [1.165, 1.54) is 61.2 Å². The van der Waals surface area contributed by atoms with Crippen molar-refractivity contribution >= 4 is 28.3 Å². The van der Waals surface area contributed by atoms with Crippen LogP contribution in [0.25, 0.3) is 11.0 Å². The number of aryl methyl sites for hydroxylation is 2. The van der Waals surface area contributed by atoms with Crippen LogP contribution in [0.15, 0.2) is 41.8 Å². The Labute approximate surface area is 184 Å². The Hall–Kier alpha value is -2.14. The number of nitrogens with zero attached hydrogens (tertiary/aromatic N) is 2. The lowest BCUT2D eigenvalue weighted by atomic mass is 10.1. The van der Waals surface area contributed by atoms with E-state index in [1.54, 1.807) is 0 Å². The number of hydrogen-bond donors (Lipinski definition) is 1. The van der Waals surface area contributed by atoms with Crippen molar-refractivity contribution in [3.63, 3.8) is 0 Å². The van der Waals surface area contributed by atoms with Crippen molar-refractivity contribution in [2.75, 3.05) is 6.54 Å². The van der Waals surface area contributed by atoms with Gasteiger partial charge in [0.1, 0.15) is 5.82 Å². The van der Waals surface area contributed by atoms with Crippen LogP contribution >= 0.6 is 11.3 Å². The van der Waals surface area contributed by atoms with Crippen molar-refractivity contribution in [1.82, 2.24) is 14.9 Å². The van der Waals surface area contributed by atoms with Crippen LogP contribution < -0.4 is 5.32 Å². The molecular formula is C25H35N3OS. The van der Waals surface area contributed by atoms with Crippen LogP contribution in [0.2, 0.25) is 0 Å². The van der Waals surface area contributed by atoms with Gasteiger partial charge in [-0.05, 0) is 42.8 Å². The van der Waals surface area contributed by atoms with Crippen LogP contribution in [0.4, 0.5) is 0 Å². The minimum absolute atomic E-state index is 0.0470. The molecule has 0 radical (unpaired) electrons. The summed E-state index contributed by atoms with van der Waals surface area (Å²) in [5.41, 5.74) is 2.38. The maximum atomic E-state index is 12.0. The molecule has 0 saturated heterocycles. The smallest absolute Gasteiger partial charge is 0.261 e. The summed E-state index contributed by atoms with van der Waals surface area (Å²) in [5, 5.41) is 4.95. The standard InChI is InChI=1S/C25H35N3OS/c1-2-3-4-5-6-12-19-28-22-15-10-9-14-21(22)27-24(28)17-8-7-11-18-26-25(29)23-16-13-20-30-23/h9-10,13-16,20H,2-8,11-12,17-19H2,1H3,(H,26,29). The van der Waals surface area contributed by atoms with Gasteiger partial charge in [0.15, 0.2) is 0 Å². The third-order valence-corrected chi connectivity index (χ3v) is 6.45. The molecule has 2 heterocycles. The minimum Gasteiger partial charge on any atom is -0.351 e. The molecular weight excluding hydrogens is 390 g/mol. The number of aromatic nitrogens is 2. The van der Waals surface area contributed by atoms with E-state index in [-0.39, 0.29) is 5.91 Å². The predicted octanol–water partition coefficient (Wildman–Crippen LogP) is 6.60. The van der Waals surface area contributed by atoms with Crippen LogP contribution in [0, 0.1) is 0 Å². The van der Waals surface area contributed by atoms with Crippen molar-refractivity contribution < 1.29 is 4.79 Å². The molecule has 0 fully saturated rings. The van der Waals surface area contributed by atoms with Gasteiger partial charge in [0.25, 0.3) is 5.91 Å². The first kappa shape index (κ1) is 22.5. The Kier molecular flexibility index (Phi) is 9.42. The normalized spacial score (nSPS) is 11.2. The topological polar surface area (TPSA) is 46.9 Å². The third kappa shape index (κ3) is 6.69. The zero-order valence-corrected chi connectivity index (χ0v) is 19.1. The molecule has 1 N–H and O–H groups in total. The van der Waals surface area contributed by atoms with Gasteiger partial charge in [-0.1, -0.05) is 63.6 Å². The van der Waals surface area contributed by atoms with E-state index in [9.17, 15) is 4.79 Å². The molecule has 0 bridgehead atoms. The Bertz CT molecular complexity index is 885. The van der Waals surface area contributed by atoms with Crippen molar-refractivity contribution in [3.8, 4) is 0 Å². The molecule has 30 heavy (non-hydrogen) atoms. The predicted molar refractivity (Wildman–Crippen MR) is 127 cm³/mol. The zero-order chi connectivity index (χ0) is 21.0. The highest BCUT2D eigenvalue weighted by Crippen LogP contribution is 2.19. The molecule has 3 rings (SSSR count). The molecule has 5 heteroatoms. The van der Waals surface area contributed by atoms with Gasteiger partial charge in [0, 0.05) is 19.5 Å². The molecule has 0 unspecified atom stereocenters. The Morgan fingerprint density at radius 3 is 2.60 bits per heavy atom. The van der Waals surface area contributed by atoms with E-state index in [0.29, 0.717) is 0 Å². The summed E-state index contributed by atoms with van der Waals surface area (Å²) < 4.78 is 2.44. The molecule has 0 aliphatic rings. The van der Waals surface area contributed by atoms with Gasteiger partial charge in [-0.2, -0.15) is 0 Å². The van der Waals surface area contributed by atoms with Crippen molar-refractivity contribution in [1.29, 1.82) is 0 Å². The highest BCUT2D eigenvalue weighted by molar-refractivity contribution is 7.12. The summed E-state index contributed by atoms with van der Waals surface area (Å²) in [5.74, 6) is 1.26. The highest BCUT2D eigenvalue weighted by Gasteiger charge is 2.10. The summed E-state index contributed by atoms with van der Waals surface area (Å²) in [6.07, 6.45) is 12.1. The minimum atomic E-state index is 0.0470. The fourth-order valence-corrected chi connectivity index (χ4v) is 4.54. The second kappa shape index (κ2) is 12.5. The van der Waals surface area contributed by atoms with E-state index in [2.05, 4.69) is 41.1 Å². The molecule has 4 nitrogen and oxygen atoms in total. The molecule has 0 aliphatic carbocycles. The number of imidazole rings is 1. The maximum absolute atomic E-state index is 12.0. The number of hydrogen-bond acceptors (Lipinski definition) is 3. The summed E-state index contributed by atoms with van der Waals surface area (Å²) >= 11 is 1.49. The van der Waals surface area contributed by atoms with Gasteiger partial charge in [0.05, 0.1) is 15.9 Å². The van der Waals surface area contributed by atoms with Gasteiger partial charge in [-0.25, -0.2) is 4.98 Å². The number of rotatable bonds is 14. The maximum Gasteiger partial charge on any atom is 0.261 e. The average Bonchev–Trinajstić information content (AvgIpc) is 3.41. The van der Waals surface area contributed by atoms with Crippen molar-refractivity contribution in [2.45, 2.75) is 77.7 Å². The quantitative estimate of drug-likeness (QED) is 0.296. The molecule has 0 spiro atoms. The van der Waals surface area contributed by atoms with Crippen LogP contribution in [0.5, 0.6) is 0 Å². The van der Waals surface area contributed by atoms with Crippen LogP contribution in [0.1, 0.15) is 80.2 Å². The summed E-state index contributed by atoms with van der Waals surface area (Å²) in [6.45, 7) is 4.07. The molecule has 1 amide bonds. The molecule has 0 aliphatic heterocycles. The number of carbonyl (C=O) groups is 1. The number of thiophene rings is 1. The fraction of sp³-hybridized carbons (Fsp3) is 0.520. The number of nitrogens with one attached hydrogen (secondary N) is 1. The van der Waals surface area contributed by atoms with Crippen molar-refractivity contribution in [3.05, 3.63) is 52.5 Å². The third-order valence-electron chi connectivity index (χ3n) is 5.58. The first-order valence-corrected chi connectivity index (χ1v) is 12.4. The Morgan fingerprint density at radius 2 is 1.77 bits per heavy atom. The van der Waals surface area contributed by atoms with Gasteiger partial charge < -0.3 is 9.88 Å². The number of para-hydroxylation sites is 2. The Morgan fingerprint density at radius 1 is 0.967 bits per heavy atom. The van der Waals surface area contributed by atoms with E-state index in [1.807, 2.05) is 17.5 Å². The van der Waals surface area contributed by atoms with Gasteiger partial charge in [-0.15, -0.1) is 11.3 Å². The van der Waals surface area contributed by atoms with Gasteiger partial charge >= 0.3 is 0 Å². The summed E-state index contributed by atoms with van der Waals surface area (Å²) in [6, 6.07) is 12.3. The van der Waals surface area contributed by atoms with Crippen LogP contribution in [-0.4, -0.2) is 22.0 Å². The molecule has 162 valence electrons. The number of fused-ring (bicyclic) bond motifs is 1. The SMILES string of the molecule is CCCCCCCCn1c(CCCCCNC(=O)c2cccs2)nc2ccccc21. The van der Waals surface area contributed by atoms with E-state index < -0.39 is 0 Å². The molecule has 0 saturated carbocycles. The molecule has 0 atom stereocenters. The fourth-order valence-electron chi connectivity index (χ4n) is 3.90. The van der Waals surface area contributed by atoms with Crippen molar-refractivity contribution in [2.24, 2.45) is 0 Å². The molecule has 3 aromatic rings. The second-order valence-corrected chi connectivity index (χ2v) is 8.93. The number of benzene rings is 1. The lowest BCUT2D eigenvalue weighted by Gasteiger charge is -2.10. The largest absolute Gasteiger partial charge is 0.351 e. The molecule has 2 aromatic heterocycles. The van der Waals surface area contributed by atoms with E-state index in [4.69, 9.17) is 4.98 Å². The van der Waals surface area contributed by atoms with E-state index in [0.717, 1.165) is 49.2 Å². The van der Waals surface area contributed by atoms with Gasteiger partial charge in [-0.3, -0.25) is 4.79 Å². The highest BCUT2D eigenvalue weighted by atomic mass is 32.1. The monoisotopic (exact) mass is 425 g/mol. The Balaban J connectivity index is 1.43.